The van der Waals surface area contributed by atoms with Gasteiger partial charge in [0.15, 0.2) is 6.04 Å². The standard InChI is InChI=1S/C22H19F3N6OS/c1-13-10-19(30(29-13)14-6-3-2-4-7-14)28-21(32)15-12-26-31-18(22(23,24)25)11-16(27-20(15)31)17-8-5-9-33-17/h2-10,12,16,18,27H,11H2,1H3,(H,28,32)/t16-,18+/m1/s1. The molecular weight excluding hydrogens is 453 g/mol. The minimum atomic E-state index is -4.50. The summed E-state index contributed by atoms with van der Waals surface area (Å²) in [4.78, 5) is 13.9. The Morgan fingerprint density at radius 3 is 2.70 bits per heavy atom. The number of nitrogens with zero attached hydrogens (tertiary/aromatic N) is 4. The first-order chi connectivity index (χ1) is 15.8. The van der Waals surface area contributed by atoms with Crippen LogP contribution in [-0.4, -0.2) is 31.6 Å². The van der Waals surface area contributed by atoms with Crippen molar-refractivity contribution in [2.45, 2.75) is 31.6 Å². The predicted octanol–water partition coefficient (Wildman–Crippen LogP) is 5.35. The van der Waals surface area contributed by atoms with Gasteiger partial charge in [-0.05, 0) is 30.5 Å². The summed E-state index contributed by atoms with van der Waals surface area (Å²) in [5.74, 6) is -0.128. The number of hydrogen-bond acceptors (Lipinski definition) is 5. The summed E-state index contributed by atoms with van der Waals surface area (Å²) >= 11 is 1.37. The molecule has 0 unspecified atom stereocenters. The molecule has 0 radical (unpaired) electrons. The molecule has 4 heterocycles. The summed E-state index contributed by atoms with van der Waals surface area (Å²) in [6.07, 6.45) is -3.54. The number of hydrogen-bond donors (Lipinski definition) is 2. The van der Waals surface area contributed by atoms with Gasteiger partial charge < -0.3 is 10.6 Å². The number of fused-ring (bicyclic) bond motifs is 1. The summed E-state index contributed by atoms with van der Waals surface area (Å²) in [7, 11) is 0. The normalized spacial score (nSPS) is 17.9. The topological polar surface area (TPSA) is 76.8 Å². The Labute approximate surface area is 190 Å². The van der Waals surface area contributed by atoms with Gasteiger partial charge in [-0.3, -0.25) is 4.79 Å². The van der Waals surface area contributed by atoms with E-state index >= 15 is 0 Å². The van der Waals surface area contributed by atoms with Crippen molar-refractivity contribution in [3.8, 4) is 5.69 Å². The Hall–Kier alpha value is -3.60. The summed E-state index contributed by atoms with van der Waals surface area (Å²) in [5, 5.41) is 16.0. The van der Waals surface area contributed by atoms with Crippen LogP contribution in [0.1, 0.15) is 39.4 Å². The fraction of sp³-hybridized carbons (Fsp3) is 0.227. The predicted molar refractivity (Wildman–Crippen MR) is 119 cm³/mol. The minimum Gasteiger partial charge on any atom is -0.362 e. The van der Waals surface area contributed by atoms with Gasteiger partial charge in [0.05, 0.1) is 23.6 Å². The van der Waals surface area contributed by atoms with Gasteiger partial charge in [0.25, 0.3) is 5.91 Å². The first-order valence-corrected chi connectivity index (χ1v) is 11.1. The van der Waals surface area contributed by atoms with Crippen LogP contribution in [0, 0.1) is 6.92 Å². The molecule has 1 aliphatic heterocycles. The van der Waals surface area contributed by atoms with Gasteiger partial charge in [-0.2, -0.15) is 23.4 Å². The van der Waals surface area contributed by atoms with Gasteiger partial charge in [0.1, 0.15) is 17.2 Å². The number of amides is 1. The fourth-order valence-corrected chi connectivity index (χ4v) is 4.73. The third kappa shape index (κ3) is 3.99. The van der Waals surface area contributed by atoms with Crippen LogP contribution in [0.5, 0.6) is 0 Å². The van der Waals surface area contributed by atoms with Crippen LogP contribution < -0.4 is 10.6 Å². The molecule has 7 nitrogen and oxygen atoms in total. The van der Waals surface area contributed by atoms with E-state index < -0.39 is 24.2 Å². The number of alkyl halides is 3. The first kappa shape index (κ1) is 21.3. The zero-order valence-electron chi connectivity index (χ0n) is 17.4. The molecule has 1 aliphatic rings. The van der Waals surface area contributed by atoms with Gasteiger partial charge >= 0.3 is 6.18 Å². The number of benzene rings is 1. The van der Waals surface area contributed by atoms with Gasteiger partial charge in [0.2, 0.25) is 0 Å². The number of carbonyl (C=O) groups excluding carboxylic acids is 1. The van der Waals surface area contributed by atoms with E-state index in [0.29, 0.717) is 11.5 Å². The molecule has 1 amide bonds. The van der Waals surface area contributed by atoms with Crippen molar-refractivity contribution in [2.75, 3.05) is 10.6 Å². The Morgan fingerprint density at radius 1 is 1.21 bits per heavy atom. The lowest BCUT2D eigenvalue weighted by molar-refractivity contribution is -0.173. The number of rotatable bonds is 4. The van der Waals surface area contributed by atoms with Crippen LogP contribution in [0.2, 0.25) is 0 Å². The summed E-state index contributed by atoms with van der Waals surface area (Å²) in [6.45, 7) is 1.79. The number of halogens is 3. The Kier molecular flexibility index (Phi) is 5.20. The highest BCUT2D eigenvalue weighted by molar-refractivity contribution is 7.10. The molecule has 170 valence electrons. The maximum absolute atomic E-state index is 13.8. The Balaban J connectivity index is 1.49. The number of aromatic nitrogens is 4. The molecule has 5 rings (SSSR count). The maximum Gasteiger partial charge on any atom is 0.410 e. The first-order valence-electron chi connectivity index (χ1n) is 10.2. The molecule has 4 aromatic rings. The number of aryl methyl sites for hydroxylation is 1. The molecule has 0 saturated heterocycles. The van der Waals surface area contributed by atoms with Gasteiger partial charge in [0, 0.05) is 17.4 Å². The highest BCUT2D eigenvalue weighted by Gasteiger charge is 2.47. The van der Waals surface area contributed by atoms with Gasteiger partial charge in [-0.1, -0.05) is 24.3 Å². The molecule has 0 bridgehead atoms. The van der Waals surface area contributed by atoms with E-state index in [0.717, 1.165) is 15.2 Å². The van der Waals surface area contributed by atoms with Crippen molar-refractivity contribution in [1.29, 1.82) is 0 Å². The lowest BCUT2D eigenvalue weighted by atomic mass is 10.0. The second-order valence-corrected chi connectivity index (χ2v) is 8.71. The van der Waals surface area contributed by atoms with Crippen LogP contribution >= 0.6 is 11.3 Å². The molecule has 2 atom stereocenters. The SMILES string of the molecule is Cc1cc(NC(=O)c2cnn3c2N[C@@H](c2cccs2)C[C@H]3C(F)(F)F)n(-c2ccccc2)n1. The van der Waals surface area contributed by atoms with E-state index in [1.807, 2.05) is 35.7 Å². The number of thiophene rings is 1. The second kappa shape index (κ2) is 8.07. The lowest BCUT2D eigenvalue weighted by Gasteiger charge is -2.33. The molecule has 33 heavy (non-hydrogen) atoms. The zero-order chi connectivity index (χ0) is 23.2. The minimum absolute atomic E-state index is 0.0315. The van der Waals surface area contributed by atoms with E-state index in [4.69, 9.17) is 0 Å². The number of anilines is 2. The van der Waals surface area contributed by atoms with Crippen molar-refractivity contribution in [3.05, 3.63) is 76.2 Å². The maximum atomic E-state index is 13.8. The molecule has 0 saturated carbocycles. The number of para-hydroxylation sites is 1. The summed E-state index contributed by atoms with van der Waals surface area (Å²) in [6, 6.07) is 12.1. The van der Waals surface area contributed by atoms with Crippen LogP contribution in [0.4, 0.5) is 24.8 Å². The van der Waals surface area contributed by atoms with E-state index in [2.05, 4.69) is 20.8 Å². The number of nitrogens with one attached hydrogen (secondary N) is 2. The molecular formula is C22H19F3N6OS. The number of carbonyl (C=O) groups is 1. The fourth-order valence-electron chi connectivity index (χ4n) is 3.94. The molecule has 1 aromatic carbocycles. The van der Waals surface area contributed by atoms with Crippen molar-refractivity contribution < 1.29 is 18.0 Å². The van der Waals surface area contributed by atoms with E-state index in [9.17, 15) is 18.0 Å². The van der Waals surface area contributed by atoms with E-state index in [1.54, 1.807) is 29.8 Å². The third-order valence-electron chi connectivity index (χ3n) is 5.44. The molecule has 11 heteroatoms. The average Bonchev–Trinajstić information content (AvgIpc) is 3.52. The smallest absolute Gasteiger partial charge is 0.362 e. The summed E-state index contributed by atoms with van der Waals surface area (Å²) in [5.41, 5.74) is 1.45. The van der Waals surface area contributed by atoms with Crippen LogP contribution in [0.15, 0.2) is 60.1 Å². The second-order valence-electron chi connectivity index (χ2n) is 7.73. The van der Waals surface area contributed by atoms with Crippen LogP contribution in [0.25, 0.3) is 5.69 Å². The van der Waals surface area contributed by atoms with Gasteiger partial charge in [-0.15, -0.1) is 11.3 Å². The van der Waals surface area contributed by atoms with Crippen molar-refractivity contribution in [1.82, 2.24) is 19.6 Å². The molecule has 3 aromatic heterocycles. The lowest BCUT2D eigenvalue weighted by Crippen LogP contribution is -2.36. The van der Waals surface area contributed by atoms with Gasteiger partial charge in [-0.25, -0.2) is 9.36 Å². The largest absolute Gasteiger partial charge is 0.410 e. The van der Waals surface area contributed by atoms with Crippen LogP contribution in [-0.2, 0) is 0 Å². The van der Waals surface area contributed by atoms with Crippen molar-refractivity contribution in [2.24, 2.45) is 0 Å². The Morgan fingerprint density at radius 2 is 2.00 bits per heavy atom. The van der Waals surface area contributed by atoms with E-state index in [-0.39, 0.29) is 17.8 Å². The molecule has 0 spiro atoms. The summed E-state index contributed by atoms with van der Waals surface area (Å²) < 4.78 is 43.9. The average molecular weight is 472 g/mol. The monoisotopic (exact) mass is 472 g/mol. The molecule has 2 N–H and O–H groups in total. The highest BCUT2D eigenvalue weighted by Crippen LogP contribution is 2.45. The van der Waals surface area contributed by atoms with Crippen molar-refractivity contribution >= 4 is 28.9 Å². The Bertz CT molecular complexity index is 1280. The van der Waals surface area contributed by atoms with Crippen molar-refractivity contribution in [3.63, 3.8) is 0 Å². The third-order valence-corrected chi connectivity index (χ3v) is 6.43. The highest BCUT2D eigenvalue weighted by atomic mass is 32.1. The zero-order valence-corrected chi connectivity index (χ0v) is 18.2. The van der Waals surface area contributed by atoms with Crippen LogP contribution in [0.3, 0.4) is 0 Å². The quantitative estimate of drug-likeness (QED) is 0.420. The molecule has 0 fully saturated rings. The van der Waals surface area contributed by atoms with E-state index in [1.165, 1.54) is 17.5 Å². The molecule has 0 aliphatic carbocycles.